The van der Waals surface area contributed by atoms with E-state index in [4.69, 9.17) is 24.7 Å². The molecule has 2 aliphatic heterocycles. The normalized spacial score (nSPS) is 26.9. The molecule has 2 N–H and O–H groups in total. The number of nitrogen functional groups attached to an aromatic ring is 1. The van der Waals surface area contributed by atoms with Gasteiger partial charge in [0.15, 0.2) is 23.5 Å². The largest absolute Gasteiger partial charge is 0.463 e. The average molecular weight is 434 g/mol. The molecular formula is C21H31N5O5. The number of esters is 1. The second-order valence-corrected chi connectivity index (χ2v) is 8.56. The summed E-state index contributed by atoms with van der Waals surface area (Å²) in [6.07, 6.45) is 7.03. The zero-order valence-corrected chi connectivity index (χ0v) is 18.3. The number of carbonyl (C=O) groups excluding carboxylic acids is 1. The molecule has 170 valence electrons. The van der Waals surface area contributed by atoms with Crippen molar-refractivity contribution in [2.75, 3.05) is 12.3 Å². The molecule has 10 heteroatoms. The number of aromatic nitrogens is 4. The quantitative estimate of drug-likeness (QED) is 0.469. The van der Waals surface area contributed by atoms with Crippen LogP contribution in [0.4, 0.5) is 5.82 Å². The predicted molar refractivity (Wildman–Crippen MR) is 112 cm³/mol. The fraction of sp³-hybridized carbons (Fsp3) is 0.714. The Morgan fingerprint density at radius 3 is 2.74 bits per heavy atom. The van der Waals surface area contributed by atoms with E-state index in [1.165, 1.54) is 19.2 Å². The minimum Gasteiger partial charge on any atom is -0.463 e. The number of hydrogen-bond donors (Lipinski definition) is 1. The first-order valence-corrected chi connectivity index (χ1v) is 11.0. The van der Waals surface area contributed by atoms with Crippen LogP contribution in [0.2, 0.25) is 0 Å². The maximum atomic E-state index is 12.2. The topological polar surface area (TPSA) is 124 Å². The van der Waals surface area contributed by atoms with Gasteiger partial charge in [-0.05, 0) is 20.3 Å². The second kappa shape index (κ2) is 9.05. The van der Waals surface area contributed by atoms with Gasteiger partial charge >= 0.3 is 5.97 Å². The van der Waals surface area contributed by atoms with Crippen molar-refractivity contribution in [1.82, 2.24) is 19.5 Å². The molecule has 4 heterocycles. The maximum Gasteiger partial charge on any atom is 0.305 e. The Balaban J connectivity index is 1.42. The Kier molecular flexibility index (Phi) is 6.40. The molecule has 0 saturated carbocycles. The zero-order chi connectivity index (χ0) is 22.0. The third-order valence-electron chi connectivity index (χ3n) is 5.68. The number of imidazole rings is 1. The highest BCUT2D eigenvalue weighted by molar-refractivity contribution is 5.81. The minimum absolute atomic E-state index is 0.106. The molecule has 2 aliphatic rings. The molecule has 31 heavy (non-hydrogen) atoms. The standard InChI is InChI=1S/C21H31N5O5/c1-4-5-6-7-8-9-14(27)28-10-13-16-17(31-21(2,3)30-16)20(29-13)26-12-25-15-18(22)23-11-24-19(15)26/h11-13,16-17,20H,4-10H2,1-3H3,(H2,22,23,24)/t13-,16-,17-,20-/m1/s1. The Labute approximate surface area is 181 Å². The predicted octanol–water partition coefficient (Wildman–Crippen LogP) is 2.73. The summed E-state index contributed by atoms with van der Waals surface area (Å²) in [6.45, 7) is 5.98. The third-order valence-corrected chi connectivity index (χ3v) is 5.68. The van der Waals surface area contributed by atoms with Gasteiger partial charge in [-0.1, -0.05) is 32.6 Å². The summed E-state index contributed by atoms with van der Waals surface area (Å²) in [5, 5.41) is 0. The molecule has 4 atom stereocenters. The number of fused-ring (bicyclic) bond motifs is 2. The highest BCUT2D eigenvalue weighted by atomic mass is 16.8. The Morgan fingerprint density at radius 1 is 1.16 bits per heavy atom. The number of anilines is 1. The SMILES string of the molecule is CCCCCCCC(=O)OC[C@H]1O[C@@H](n2cnc3c(N)ncnc32)[C@@H]2OC(C)(C)O[C@@H]21. The Morgan fingerprint density at radius 2 is 1.94 bits per heavy atom. The van der Waals surface area contributed by atoms with Crippen molar-refractivity contribution in [3.05, 3.63) is 12.7 Å². The van der Waals surface area contributed by atoms with Crippen molar-refractivity contribution in [3.63, 3.8) is 0 Å². The van der Waals surface area contributed by atoms with Gasteiger partial charge in [0.1, 0.15) is 36.8 Å². The zero-order valence-electron chi connectivity index (χ0n) is 18.3. The van der Waals surface area contributed by atoms with Gasteiger partial charge in [-0.25, -0.2) is 15.0 Å². The van der Waals surface area contributed by atoms with E-state index in [0.29, 0.717) is 23.4 Å². The van der Waals surface area contributed by atoms with Gasteiger partial charge in [0.05, 0.1) is 6.33 Å². The van der Waals surface area contributed by atoms with E-state index < -0.39 is 24.2 Å². The van der Waals surface area contributed by atoms with Crippen LogP contribution in [0.5, 0.6) is 0 Å². The van der Waals surface area contributed by atoms with E-state index in [1.54, 1.807) is 10.9 Å². The summed E-state index contributed by atoms with van der Waals surface area (Å²) in [5.41, 5.74) is 6.96. The first kappa shape index (κ1) is 21.9. The summed E-state index contributed by atoms with van der Waals surface area (Å²) in [5.74, 6) is -0.693. The monoisotopic (exact) mass is 433 g/mol. The van der Waals surface area contributed by atoms with Gasteiger partial charge < -0.3 is 24.7 Å². The van der Waals surface area contributed by atoms with E-state index in [2.05, 4.69) is 21.9 Å². The smallest absolute Gasteiger partial charge is 0.305 e. The van der Waals surface area contributed by atoms with Gasteiger partial charge in [-0.2, -0.15) is 0 Å². The van der Waals surface area contributed by atoms with Crippen molar-refractivity contribution in [2.24, 2.45) is 0 Å². The highest BCUT2D eigenvalue weighted by Crippen LogP contribution is 2.43. The lowest BCUT2D eigenvalue weighted by atomic mass is 10.1. The molecule has 0 bridgehead atoms. The number of unbranched alkanes of at least 4 members (excludes halogenated alkanes) is 4. The number of rotatable bonds is 9. The second-order valence-electron chi connectivity index (χ2n) is 8.56. The van der Waals surface area contributed by atoms with E-state index in [-0.39, 0.29) is 18.7 Å². The van der Waals surface area contributed by atoms with Crippen LogP contribution in [0.15, 0.2) is 12.7 Å². The van der Waals surface area contributed by atoms with Crippen LogP contribution in [0.3, 0.4) is 0 Å². The molecule has 0 unspecified atom stereocenters. The molecule has 10 nitrogen and oxygen atoms in total. The van der Waals surface area contributed by atoms with E-state index in [0.717, 1.165) is 19.3 Å². The molecule has 0 radical (unpaired) electrons. The van der Waals surface area contributed by atoms with Crippen molar-refractivity contribution >= 4 is 23.0 Å². The van der Waals surface area contributed by atoms with Crippen LogP contribution in [0.1, 0.15) is 65.5 Å². The first-order valence-electron chi connectivity index (χ1n) is 11.0. The summed E-state index contributed by atoms with van der Waals surface area (Å²) in [4.78, 5) is 24.8. The van der Waals surface area contributed by atoms with Crippen molar-refractivity contribution < 1.29 is 23.7 Å². The first-order chi connectivity index (χ1) is 14.9. The van der Waals surface area contributed by atoms with Crippen LogP contribution in [0.25, 0.3) is 11.2 Å². The van der Waals surface area contributed by atoms with Crippen LogP contribution in [0, 0.1) is 0 Å². The van der Waals surface area contributed by atoms with Gasteiger partial charge in [0, 0.05) is 6.42 Å². The van der Waals surface area contributed by atoms with Crippen LogP contribution < -0.4 is 5.73 Å². The molecule has 2 saturated heterocycles. The summed E-state index contributed by atoms with van der Waals surface area (Å²) in [6, 6.07) is 0. The molecule has 0 spiro atoms. The van der Waals surface area contributed by atoms with E-state index >= 15 is 0 Å². The molecule has 4 rings (SSSR count). The number of hydrogen-bond acceptors (Lipinski definition) is 9. The van der Waals surface area contributed by atoms with Crippen molar-refractivity contribution in [3.8, 4) is 0 Å². The third kappa shape index (κ3) is 4.65. The Bertz CT molecular complexity index is 917. The van der Waals surface area contributed by atoms with Gasteiger partial charge in [-0.3, -0.25) is 9.36 Å². The molecular weight excluding hydrogens is 402 g/mol. The lowest BCUT2D eigenvalue weighted by molar-refractivity contribution is -0.202. The summed E-state index contributed by atoms with van der Waals surface area (Å²) >= 11 is 0. The number of nitrogens with two attached hydrogens (primary N) is 1. The molecule has 0 aromatic carbocycles. The van der Waals surface area contributed by atoms with Gasteiger partial charge in [0.2, 0.25) is 0 Å². The fourth-order valence-corrected chi connectivity index (χ4v) is 4.19. The molecule has 0 aliphatic carbocycles. The lowest BCUT2D eigenvalue weighted by Crippen LogP contribution is -2.33. The van der Waals surface area contributed by atoms with Crippen LogP contribution in [-0.4, -0.2) is 56.2 Å². The van der Waals surface area contributed by atoms with Crippen LogP contribution >= 0.6 is 0 Å². The number of ether oxygens (including phenoxy) is 4. The van der Waals surface area contributed by atoms with Crippen molar-refractivity contribution in [2.45, 2.75) is 89.6 Å². The van der Waals surface area contributed by atoms with Gasteiger partial charge in [0.25, 0.3) is 0 Å². The Hall–Kier alpha value is -2.30. The van der Waals surface area contributed by atoms with E-state index in [9.17, 15) is 4.79 Å². The van der Waals surface area contributed by atoms with Gasteiger partial charge in [-0.15, -0.1) is 0 Å². The number of carbonyl (C=O) groups is 1. The van der Waals surface area contributed by atoms with E-state index in [1.807, 2.05) is 13.8 Å². The lowest BCUT2D eigenvalue weighted by Gasteiger charge is -2.24. The maximum absolute atomic E-state index is 12.2. The highest BCUT2D eigenvalue weighted by Gasteiger charge is 2.56. The fourth-order valence-electron chi connectivity index (χ4n) is 4.19. The minimum atomic E-state index is -0.775. The molecule has 0 amide bonds. The number of nitrogens with zero attached hydrogens (tertiary/aromatic N) is 4. The van der Waals surface area contributed by atoms with Crippen molar-refractivity contribution in [1.29, 1.82) is 0 Å². The molecule has 2 aromatic heterocycles. The van der Waals surface area contributed by atoms with Crippen LogP contribution in [-0.2, 0) is 23.7 Å². The average Bonchev–Trinajstić information content (AvgIpc) is 3.38. The molecule has 2 fully saturated rings. The summed E-state index contributed by atoms with van der Waals surface area (Å²) in [7, 11) is 0. The molecule has 2 aromatic rings. The summed E-state index contributed by atoms with van der Waals surface area (Å²) < 4.78 is 25.7.